The monoisotopic (exact) mass is 225 g/mol. The Morgan fingerprint density at radius 2 is 1.57 bits per heavy atom. The van der Waals surface area contributed by atoms with E-state index in [4.69, 9.17) is 0 Å². The Bertz CT molecular complexity index is 261. The number of carbonyl (C=O) groups excluding carboxylic acids is 3. The molecule has 0 rings (SSSR count). The molecule has 1 N–H and O–H groups in total. The zero-order valence-electron chi connectivity index (χ0n) is 7.53. The van der Waals surface area contributed by atoms with Crippen molar-refractivity contribution in [2.45, 2.75) is 13.0 Å². The summed E-state index contributed by atoms with van der Waals surface area (Å²) >= 11 is 0. The number of aliphatic carboxylic acids is 2. The second-order valence-electron chi connectivity index (χ2n) is 2.32. The Balaban J connectivity index is 0. The van der Waals surface area contributed by atoms with Gasteiger partial charge >= 0.3 is 37.7 Å². The predicted octanol–water partition coefficient (Wildman–Crippen LogP) is -3.83. The van der Waals surface area contributed by atoms with E-state index in [9.17, 15) is 24.6 Å². The fourth-order valence-corrected chi connectivity index (χ4v) is 0.468. The van der Waals surface area contributed by atoms with E-state index < -0.39 is 23.9 Å². The molecule has 0 atom stereocenters. The predicted molar refractivity (Wildman–Crippen MR) is 42.5 cm³/mol. The Morgan fingerprint density at radius 1 is 1.21 bits per heavy atom. The molecule has 0 aliphatic rings. The van der Waals surface area contributed by atoms with Gasteiger partial charge in [-0.05, 0) is 6.92 Å². The van der Waals surface area contributed by atoms with Gasteiger partial charge in [0.15, 0.2) is 0 Å². The van der Waals surface area contributed by atoms with E-state index in [2.05, 4.69) is 6.58 Å². The first-order valence-electron chi connectivity index (χ1n) is 3.24. The molecular weight excluding hydrogens is 218 g/mol. The Labute approximate surface area is 110 Å². The summed E-state index contributed by atoms with van der Waals surface area (Å²) in [6, 6.07) is -2.15. The summed E-state index contributed by atoms with van der Waals surface area (Å²) in [5, 5.41) is 21.9. The zero-order valence-corrected chi connectivity index (χ0v) is 9.74. The maximum absolute atomic E-state index is 10.8. The Kier molecular flexibility index (Phi) is 7.71. The van der Waals surface area contributed by atoms with E-state index in [-0.39, 0.29) is 43.3 Å². The number of hydrogen-bond donors (Lipinski definition) is 1. The number of nitrogens with one attached hydrogen (secondary N) is 1. The molecule has 0 aromatic carbocycles. The summed E-state index contributed by atoms with van der Waals surface area (Å²) < 4.78 is 0. The quantitative estimate of drug-likeness (QED) is 0.299. The van der Waals surface area contributed by atoms with Gasteiger partial charge in [-0.1, -0.05) is 6.58 Å². The molecule has 0 heterocycles. The molecule has 0 fully saturated rings. The molecule has 72 valence electrons. The van der Waals surface area contributed by atoms with E-state index >= 15 is 0 Å². The molecule has 0 aliphatic carbocycles. The van der Waals surface area contributed by atoms with Gasteiger partial charge in [0.1, 0.15) is 6.04 Å². The topological polar surface area (TPSA) is 109 Å². The summed E-state index contributed by atoms with van der Waals surface area (Å²) in [6.45, 7) is 4.49. The minimum Gasteiger partial charge on any atom is -0.547 e. The normalized spacial score (nSPS) is 8.71. The summed E-state index contributed by atoms with van der Waals surface area (Å²) in [6.07, 6.45) is 0. The molecule has 0 aromatic heterocycles. The average Bonchev–Trinajstić information content (AvgIpc) is 1.97. The van der Waals surface area contributed by atoms with Crippen molar-refractivity contribution in [3.05, 3.63) is 12.2 Å². The van der Waals surface area contributed by atoms with E-state index in [1.807, 2.05) is 0 Å². The Morgan fingerprint density at radius 3 is 1.79 bits per heavy atom. The van der Waals surface area contributed by atoms with Gasteiger partial charge in [-0.2, -0.15) is 0 Å². The minimum atomic E-state index is -2.15. The van der Waals surface area contributed by atoms with Gasteiger partial charge in [0.2, 0.25) is 5.91 Å². The molecule has 0 saturated carbocycles. The van der Waals surface area contributed by atoms with Crippen molar-refractivity contribution in [3.8, 4) is 0 Å². The van der Waals surface area contributed by atoms with Gasteiger partial charge in [-0.25, -0.2) is 0 Å². The molecule has 0 saturated heterocycles. The number of carbonyl (C=O) groups is 3. The second kappa shape index (κ2) is 6.80. The molecular formula is C7H7CaNO5. The second-order valence-corrected chi connectivity index (χ2v) is 2.32. The van der Waals surface area contributed by atoms with Gasteiger partial charge in [0, 0.05) is 5.57 Å². The van der Waals surface area contributed by atoms with Crippen LogP contribution in [-0.4, -0.2) is 61.6 Å². The number of hydrogen-bond acceptors (Lipinski definition) is 5. The van der Waals surface area contributed by atoms with Crippen LogP contribution in [0, 0.1) is 0 Å². The van der Waals surface area contributed by atoms with Crippen LogP contribution < -0.4 is 15.5 Å². The standard InChI is InChI=1S/C7H9NO5.Ca/c1-3(2)5(9)8-4(6(10)11)7(12)13;/h4H,1H2,2H3,(H,8,9)(H,10,11)(H,12,13);/q;+2/p-2. The van der Waals surface area contributed by atoms with Crippen LogP contribution >= 0.6 is 0 Å². The number of carboxylic acid groups (broad SMARTS) is 2. The van der Waals surface area contributed by atoms with Crippen LogP contribution in [0.1, 0.15) is 6.92 Å². The van der Waals surface area contributed by atoms with Crippen LogP contribution in [0.2, 0.25) is 0 Å². The van der Waals surface area contributed by atoms with Crippen LogP contribution in [0.25, 0.3) is 0 Å². The molecule has 0 aliphatic heterocycles. The summed E-state index contributed by atoms with van der Waals surface area (Å²) in [5.41, 5.74) is -0.00694. The summed E-state index contributed by atoms with van der Waals surface area (Å²) in [5.74, 6) is -4.75. The van der Waals surface area contributed by atoms with E-state index in [1.165, 1.54) is 6.92 Å². The van der Waals surface area contributed by atoms with Crippen LogP contribution in [0.15, 0.2) is 12.2 Å². The van der Waals surface area contributed by atoms with Crippen LogP contribution in [0.4, 0.5) is 0 Å². The third-order valence-corrected chi connectivity index (χ3v) is 1.13. The van der Waals surface area contributed by atoms with Crippen molar-refractivity contribution < 1.29 is 24.6 Å². The number of carboxylic acids is 2. The molecule has 7 heteroatoms. The SMILES string of the molecule is C=C(C)C(=O)NC(C(=O)[O-])C(=O)[O-].[Ca+2]. The van der Waals surface area contributed by atoms with Crippen molar-refractivity contribution >= 4 is 55.6 Å². The van der Waals surface area contributed by atoms with Crippen LogP contribution in [0.5, 0.6) is 0 Å². The molecule has 1 amide bonds. The molecule has 0 aromatic rings. The number of rotatable bonds is 4. The fraction of sp³-hybridized carbons (Fsp3) is 0.286. The van der Waals surface area contributed by atoms with Gasteiger partial charge in [-0.3, -0.25) is 4.79 Å². The van der Waals surface area contributed by atoms with Crippen molar-refractivity contribution in [3.63, 3.8) is 0 Å². The first-order valence-corrected chi connectivity index (χ1v) is 3.24. The van der Waals surface area contributed by atoms with Gasteiger partial charge in [0.25, 0.3) is 0 Å². The van der Waals surface area contributed by atoms with Crippen molar-refractivity contribution in [1.29, 1.82) is 0 Å². The third kappa shape index (κ3) is 5.21. The van der Waals surface area contributed by atoms with E-state index in [0.717, 1.165) is 0 Å². The molecule has 0 bridgehead atoms. The smallest absolute Gasteiger partial charge is 0.547 e. The first kappa shape index (κ1) is 15.9. The molecule has 0 radical (unpaired) electrons. The molecule has 0 spiro atoms. The maximum Gasteiger partial charge on any atom is 2.00 e. The molecule has 0 unspecified atom stereocenters. The van der Waals surface area contributed by atoms with Crippen LogP contribution in [0.3, 0.4) is 0 Å². The summed E-state index contributed by atoms with van der Waals surface area (Å²) in [4.78, 5) is 31.0. The van der Waals surface area contributed by atoms with E-state index in [0.29, 0.717) is 0 Å². The van der Waals surface area contributed by atoms with Crippen molar-refractivity contribution in [2.75, 3.05) is 0 Å². The van der Waals surface area contributed by atoms with Gasteiger partial charge < -0.3 is 25.1 Å². The molecule has 14 heavy (non-hydrogen) atoms. The minimum absolute atomic E-state index is 0. The molecule has 6 nitrogen and oxygen atoms in total. The Hall–Kier alpha value is -0.590. The van der Waals surface area contributed by atoms with E-state index in [1.54, 1.807) is 5.32 Å². The van der Waals surface area contributed by atoms with Gasteiger partial charge in [0.05, 0.1) is 11.9 Å². The summed E-state index contributed by atoms with van der Waals surface area (Å²) in [7, 11) is 0. The maximum atomic E-state index is 10.8. The third-order valence-electron chi connectivity index (χ3n) is 1.13. The van der Waals surface area contributed by atoms with Crippen molar-refractivity contribution in [1.82, 2.24) is 5.32 Å². The average molecular weight is 225 g/mol. The van der Waals surface area contributed by atoms with Crippen molar-refractivity contribution in [2.24, 2.45) is 0 Å². The first-order chi connectivity index (χ1) is 5.86. The largest absolute Gasteiger partial charge is 2.00 e. The fourth-order valence-electron chi connectivity index (χ4n) is 0.468. The zero-order chi connectivity index (χ0) is 10.6. The number of amides is 1. The van der Waals surface area contributed by atoms with Crippen LogP contribution in [-0.2, 0) is 14.4 Å². The van der Waals surface area contributed by atoms with Gasteiger partial charge in [-0.15, -0.1) is 0 Å².